The summed E-state index contributed by atoms with van der Waals surface area (Å²) in [5, 5.41) is 7.65. The Bertz CT molecular complexity index is 1620. The average molecular weight is 612 g/mol. The molecular weight excluding hydrogens is 570 g/mol. The van der Waals surface area contributed by atoms with Crippen LogP contribution in [-0.2, 0) is 4.74 Å². The summed E-state index contributed by atoms with van der Waals surface area (Å²) in [4.78, 5) is 41.9. The zero-order chi connectivity index (χ0) is 30.8. The summed E-state index contributed by atoms with van der Waals surface area (Å²) in [5.41, 5.74) is 9.58. The van der Waals surface area contributed by atoms with Gasteiger partial charge in [-0.1, -0.05) is 0 Å². The first-order chi connectivity index (χ1) is 22.0. The van der Waals surface area contributed by atoms with Crippen LogP contribution in [0.3, 0.4) is 0 Å². The lowest BCUT2D eigenvalue weighted by Crippen LogP contribution is -2.52. The number of amides is 1. The van der Waals surface area contributed by atoms with Crippen LogP contribution >= 0.6 is 0 Å². The van der Waals surface area contributed by atoms with Crippen molar-refractivity contribution >= 4 is 40.0 Å². The molecule has 5 N–H and O–H groups in total. The molecule has 0 bridgehead atoms. The van der Waals surface area contributed by atoms with Crippen molar-refractivity contribution < 1.29 is 9.53 Å². The molecule has 236 valence electrons. The van der Waals surface area contributed by atoms with Gasteiger partial charge in [0.05, 0.1) is 0 Å². The van der Waals surface area contributed by atoms with Crippen molar-refractivity contribution in [3.63, 3.8) is 0 Å². The number of aromatic nitrogens is 5. The molecule has 7 rings (SSSR count). The van der Waals surface area contributed by atoms with Crippen LogP contribution < -0.4 is 21.3 Å². The molecule has 0 saturated carbocycles. The monoisotopic (exact) mass is 611 g/mol. The van der Waals surface area contributed by atoms with E-state index in [0.29, 0.717) is 47.9 Å². The van der Waals surface area contributed by atoms with E-state index in [1.807, 2.05) is 18.2 Å². The number of hydrogen-bond donors (Lipinski definition) is 4. The first-order valence-corrected chi connectivity index (χ1v) is 15.9. The fraction of sp³-hybridized carbons (Fsp3) is 0.469. The van der Waals surface area contributed by atoms with Gasteiger partial charge in [-0.25, -0.2) is 19.9 Å². The number of likely N-dealkylation sites (N-methyl/N-ethyl adjacent to an activating group) is 1. The number of piperidine rings is 1. The van der Waals surface area contributed by atoms with Gasteiger partial charge in [0.25, 0.3) is 5.91 Å². The van der Waals surface area contributed by atoms with Crippen LogP contribution in [0.2, 0.25) is 0 Å². The largest absolute Gasteiger partial charge is 0.381 e. The summed E-state index contributed by atoms with van der Waals surface area (Å²) in [5.74, 6) is 0.138. The number of fused-ring (bicyclic) bond motifs is 1. The number of hydrogen-bond acceptors (Lipinski definition) is 11. The number of piperazine rings is 1. The molecule has 3 aliphatic rings. The van der Waals surface area contributed by atoms with Crippen molar-refractivity contribution in [2.24, 2.45) is 5.73 Å². The van der Waals surface area contributed by atoms with Crippen LogP contribution in [-0.4, -0.2) is 112 Å². The summed E-state index contributed by atoms with van der Waals surface area (Å²) in [6.45, 7) is 8.07. The predicted octanol–water partition coefficient (Wildman–Crippen LogP) is 3.06. The summed E-state index contributed by atoms with van der Waals surface area (Å²) < 4.78 is 5.56. The van der Waals surface area contributed by atoms with Crippen LogP contribution in [0.15, 0.2) is 42.9 Å². The maximum Gasteiger partial charge on any atom is 0.271 e. The van der Waals surface area contributed by atoms with E-state index in [9.17, 15) is 4.79 Å². The van der Waals surface area contributed by atoms with Gasteiger partial charge in [-0.15, -0.1) is 0 Å². The van der Waals surface area contributed by atoms with E-state index in [0.717, 1.165) is 50.1 Å². The minimum Gasteiger partial charge on any atom is -0.381 e. The maximum atomic E-state index is 12.7. The first-order valence-electron chi connectivity index (χ1n) is 15.9. The Kier molecular flexibility index (Phi) is 8.46. The van der Waals surface area contributed by atoms with E-state index < -0.39 is 5.91 Å². The highest BCUT2D eigenvalue weighted by Gasteiger charge is 2.27. The van der Waals surface area contributed by atoms with E-state index >= 15 is 0 Å². The average Bonchev–Trinajstić information content (AvgIpc) is 3.56. The predicted molar refractivity (Wildman–Crippen MR) is 175 cm³/mol. The lowest BCUT2D eigenvalue weighted by Gasteiger charge is -2.42. The van der Waals surface area contributed by atoms with E-state index in [1.54, 1.807) is 6.20 Å². The summed E-state index contributed by atoms with van der Waals surface area (Å²) in [6.07, 6.45) is 7.29. The number of anilines is 4. The third-order valence-corrected chi connectivity index (χ3v) is 9.28. The van der Waals surface area contributed by atoms with Gasteiger partial charge in [0.1, 0.15) is 23.4 Å². The third-order valence-electron chi connectivity index (χ3n) is 9.28. The molecule has 3 aromatic heterocycles. The number of nitrogens with zero attached hydrogens (tertiary/aromatic N) is 7. The van der Waals surface area contributed by atoms with Gasteiger partial charge in [-0.3, -0.25) is 9.69 Å². The second-order valence-corrected chi connectivity index (χ2v) is 12.2. The first kappa shape index (κ1) is 29.4. The van der Waals surface area contributed by atoms with Crippen LogP contribution in [0.1, 0.15) is 36.2 Å². The van der Waals surface area contributed by atoms with Crippen molar-refractivity contribution in [3.05, 3.63) is 48.5 Å². The Morgan fingerprint density at radius 2 is 1.67 bits per heavy atom. The molecule has 1 aromatic carbocycles. The van der Waals surface area contributed by atoms with Crippen molar-refractivity contribution in [2.75, 3.05) is 75.1 Å². The van der Waals surface area contributed by atoms with Crippen LogP contribution in [0.5, 0.6) is 0 Å². The topological polar surface area (TPSA) is 153 Å². The van der Waals surface area contributed by atoms with Crippen LogP contribution in [0.4, 0.5) is 23.0 Å². The number of benzene rings is 1. The smallest absolute Gasteiger partial charge is 0.271 e. The molecule has 0 aliphatic carbocycles. The van der Waals surface area contributed by atoms with Crippen LogP contribution in [0, 0.1) is 0 Å². The summed E-state index contributed by atoms with van der Waals surface area (Å²) >= 11 is 0. The second-order valence-electron chi connectivity index (χ2n) is 12.2. The maximum absolute atomic E-state index is 12.7. The quantitative estimate of drug-likeness (QED) is 0.232. The highest BCUT2D eigenvalue weighted by atomic mass is 16.5. The standard InChI is InChI=1S/C32H41N11O2/c1-41-14-16-43(17-15-41)24-7-12-42(13-8-24)23-4-2-21(3-5-23)37-32-28(29(33)44)39-27(26-25-6-11-34-30(25)36-20-35-26)31(40-32)38-22-9-18-45-19-10-22/h2-6,11,20,22,24H,7-10,12-19H2,1H3,(H2,33,44)(H,34,35,36)(H2,37,38,40). The molecule has 0 atom stereocenters. The fourth-order valence-corrected chi connectivity index (χ4v) is 6.63. The van der Waals surface area contributed by atoms with Gasteiger partial charge in [0.15, 0.2) is 17.3 Å². The molecule has 13 nitrogen and oxygen atoms in total. The number of H-pyrrole nitrogens is 1. The minimum absolute atomic E-state index is 0.0416. The zero-order valence-electron chi connectivity index (χ0n) is 25.7. The highest BCUT2D eigenvalue weighted by Crippen LogP contribution is 2.33. The van der Waals surface area contributed by atoms with E-state index in [-0.39, 0.29) is 11.7 Å². The molecule has 13 heteroatoms. The van der Waals surface area contributed by atoms with E-state index in [2.05, 4.69) is 59.5 Å². The number of rotatable bonds is 8. The van der Waals surface area contributed by atoms with Crippen LogP contribution in [0.25, 0.3) is 22.4 Å². The van der Waals surface area contributed by atoms with Gasteiger partial charge >= 0.3 is 0 Å². The number of ether oxygens (including phenoxy) is 1. The number of primary amides is 1. The number of nitrogens with two attached hydrogens (primary N) is 1. The Balaban J connectivity index is 1.12. The molecule has 0 unspecified atom stereocenters. The van der Waals surface area contributed by atoms with Gasteiger partial charge in [-0.2, -0.15) is 0 Å². The Hall–Kier alpha value is -4.33. The van der Waals surface area contributed by atoms with Gasteiger partial charge in [0.2, 0.25) is 0 Å². The number of carbonyl (C=O) groups is 1. The Morgan fingerprint density at radius 1 is 0.911 bits per heavy atom. The summed E-state index contributed by atoms with van der Waals surface area (Å²) in [6, 6.07) is 11.0. The highest BCUT2D eigenvalue weighted by molar-refractivity contribution is 5.99. The number of nitrogens with one attached hydrogen (secondary N) is 3. The molecule has 0 spiro atoms. The Labute approximate surface area is 262 Å². The Morgan fingerprint density at radius 3 is 2.40 bits per heavy atom. The zero-order valence-corrected chi connectivity index (χ0v) is 25.7. The SMILES string of the molecule is CN1CCN(C2CCN(c3ccc(Nc4nc(NC5CCOCC5)c(-c5ncnc6[nH]ccc56)nc4C(N)=O)cc3)CC2)CC1. The van der Waals surface area contributed by atoms with Crippen molar-refractivity contribution in [1.29, 1.82) is 0 Å². The third kappa shape index (κ3) is 6.42. The fourth-order valence-electron chi connectivity index (χ4n) is 6.63. The van der Waals surface area contributed by atoms with Gasteiger partial charge in [0, 0.05) is 87.5 Å². The second kappa shape index (κ2) is 13.0. The molecule has 6 heterocycles. The molecular formula is C32H41N11O2. The lowest BCUT2D eigenvalue weighted by molar-refractivity contribution is 0.0904. The van der Waals surface area contributed by atoms with Crippen molar-refractivity contribution in [2.45, 2.75) is 37.8 Å². The summed E-state index contributed by atoms with van der Waals surface area (Å²) in [7, 11) is 2.21. The van der Waals surface area contributed by atoms with Gasteiger partial charge in [-0.05, 0) is 63.1 Å². The normalized spacial score (nSPS) is 19.2. The van der Waals surface area contributed by atoms with Crippen molar-refractivity contribution in [3.8, 4) is 11.4 Å². The van der Waals surface area contributed by atoms with Gasteiger partial charge < -0.3 is 35.9 Å². The molecule has 3 aliphatic heterocycles. The number of aromatic amines is 1. The molecule has 3 saturated heterocycles. The van der Waals surface area contributed by atoms with E-state index in [4.69, 9.17) is 20.4 Å². The molecule has 3 fully saturated rings. The molecule has 4 aromatic rings. The number of carbonyl (C=O) groups excluding carboxylic acids is 1. The van der Waals surface area contributed by atoms with Crippen molar-refractivity contribution in [1.82, 2.24) is 34.7 Å². The molecule has 1 amide bonds. The molecule has 45 heavy (non-hydrogen) atoms. The van der Waals surface area contributed by atoms with E-state index in [1.165, 1.54) is 37.9 Å². The lowest BCUT2D eigenvalue weighted by atomic mass is 10.0. The minimum atomic E-state index is -0.678. The molecule has 0 radical (unpaired) electrons.